The first-order chi connectivity index (χ1) is 9.74. The van der Waals surface area contributed by atoms with Crippen LogP contribution in [0, 0.1) is 5.92 Å². The normalized spacial score (nSPS) is 14.7. The lowest BCUT2D eigenvalue weighted by Gasteiger charge is -2.37. The van der Waals surface area contributed by atoms with E-state index in [9.17, 15) is 9.59 Å². The van der Waals surface area contributed by atoms with E-state index in [0.29, 0.717) is 23.8 Å². The van der Waals surface area contributed by atoms with Crippen LogP contribution in [0.25, 0.3) is 0 Å². The fourth-order valence-electron chi connectivity index (χ4n) is 2.03. The molecule has 3 rings (SSSR count). The number of hydrogen-bond acceptors (Lipinski definition) is 4. The predicted octanol–water partition coefficient (Wildman–Crippen LogP) is 1.85. The van der Waals surface area contributed by atoms with E-state index in [1.165, 1.54) is 11.3 Å². The van der Waals surface area contributed by atoms with Gasteiger partial charge in [0, 0.05) is 19.3 Å². The molecule has 2 aromatic rings. The maximum absolute atomic E-state index is 12.0. The minimum Gasteiger partial charge on any atom is -0.336 e. The van der Waals surface area contributed by atoms with Gasteiger partial charge in [0.2, 0.25) is 5.91 Å². The lowest BCUT2D eigenvalue weighted by molar-refractivity contribution is -0.123. The van der Waals surface area contributed by atoms with Crippen LogP contribution in [0.4, 0.5) is 5.82 Å². The highest BCUT2D eigenvalue weighted by molar-refractivity contribution is 7.12. The average molecular weight is 287 g/mol. The Morgan fingerprint density at radius 1 is 1.25 bits per heavy atom. The van der Waals surface area contributed by atoms with Crippen molar-refractivity contribution in [3.63, 3.8) is 0 Å². The van der Waals surface area contributed by atoms with Crippen LogP contribution in [0.1, 0.15) is 9.67 Å². The van der Waals surface area contributed by atoms with E-state index < -0.39 is 0 Å². The second-order valence-corrected chi connectivity index (χ2v) is 5.54. The molecule has 2 amide bonds. The van der Waals surface area contributed by atoms with Crippen LogP contribution in [0.15, 0.2) is 41.9 Å². The predicted molar refractivity (Wildman–Crippen MR) is 76.6 cm³/mol. The highest BCUT2D eigenvalue weighted by Gasteiger charge is 2.36. The summed E-state index contributed by atoms with van der Waals surface area (Å²) in [6.45, 7) is 0.935. The van der Waals surface area contributed by atoms with Gasteiger partial charge in [0.05, 0.1) is 10.8 Å². The number of amides is 2. The van der Waals surface area contributed by atoms with Crippen molar-refractivity contribution in [1.82, 2.24) is 9.88 Å². The number of carbonyl (C=O) groups is 2. The quantitative estimate of drug-likeness (QED) is 0.937. The molecule has 3 heterocycles. The van der Waals surface area contributed by atoms with Crippen molar-refractivity contribution in [2.45, 2.75) is 0 Å². The number of nitrogens with zero attached hydrogens (tertiary/aromatic N) is 2. The molecule has 0 radical (unpaired) electrons. The number of rotatable bonds is 3. The summed E-state index contributed by atoms with van der Waals surface area (Å²) >= 11 is 1.42. The molecule has 1 aliphatic heterocycles. The molecule has 1 N–H and O–H groups in total. The van der Waals surface area contributed by atoms with Gasteiger partial charge < -0.3 is 10.2 Å². The molecule has 5 nitrogen and oxygen atoms in total. The van der Waals surface area contributed by atoms with Gasteiger partial charge in [0.15, 0.2) is 0 Å². The smallest absolute Gasteiger partial charge is 0.263 e. The molecule has 0 atom stereocenters. The van der Waals surface area contributed by atoms with E-state index in [4.69, 9.17) is 0 Å². The Morgan fingerprint density at radius 2 is 2.10 bits per heavy atom. The summed E-state index contributed by atoms with van der Waals surface area (Å²) in [5.41, 5.74) is 0. The molecule has 0 spiro atoms. The van der Waals surface area contributed by atoms with Gasteiger partial charge in [-0.15, -0.1) is 11.3 Å². The number of likely N-dealkylation sites (tertiary alicyclic amines) is 1. The van der Waals surface area contributed by atoms with Gasteiger partial charge in [-0.05, 0) is 23.6 Å². The number of pyridine rings is 1. The Bertz CT molecular complexity index is 607. The van der Waals surface area contributed by atoms with Gasteiger partial charge in [-0.1, -0.05) is 12.1 Å². The van der Waals surface area contributed by atoms with E-state index in [0.717, 1.165) is 0 Å². The van der Waals surface area contributed by atoms with Crippen LogP contribution < -0.4 is 5.32 Å². The monoisotopic (exact) mass is 287 g/mol. The van der Waals surface area contributed by atoms with Crippen molar-refractivity contribution in [3.05, 3.63) is 46.8 Å². The lowest BCUT2D eigenvalue weighted by atomic mass is 9.99. The first kappa shape index (κ1) is 12.8. The van der Waals surface area contributed by atoms with Crippen LogP contribution in [0.2, 0.25) is 0 Å². The zero-order valence-electron chi connectivity index (χ0n) is 10.7. The Hall–Kier alpha value is -2.21. The zero-order chi connectivity index (χ0) is 13.9. The maximum atomic E-state index is 12.0. The summed E-state index contributed by atoms with van der Waals surface area (Å²) < 4.78 is 0. The van der Waals surface area contributed by atoms with Gasteiger partial charge in [-0.25, -0.2) is 4.98 Å². The maximum Gasteiger partial charge on any atom is 0.263 e. The van der Waals surface area contributed by atoms with Gasteiger partial charge >= 0.3 is 0 Å². The number of hydrogen-bond donors (Lipinski definition) is 1. The molecule has 20 heavy (non-hydrogen) atoms. The summed E-state index contributed by atoms with van der Waals surface area (Å²) in [4.78, 5) is 30.4. The highest BCUT2D eigenvalue weighted by Crippen LogP contribution is 2.22. The van der Waals surface area contributed by atoms with Crippen LogP contribution >= 0.6 is 11.3 Å². The molecule has 1 fully saturated rings. The third kappa shape index (κ3) is 2.55. The van der Waals surface area contributed by atoms with E-state index in [1.807, 2.05) is 17.5 Å². The molecule has 0 aromatic carbocycles. The summed E-state index contributed by atoms with van der Waals surface area (Å²) in [5.74, 6) is 0.308. The van der Waals surface area contributed by atoms with Crippen molar-refractivity contribution < 1.29 is 9.59 Å². The lowest BCUT2D eigenvalue weighted by Crippen LogP contribution is -2.54. The fourth-order valence-corrected chi connectivity index (χ4v) is 2.72. The van der Waals surface area contributed by atoms with E-state index in [-0.39, 0.29) is 17.7 Å². The summed E-state index contributed by atoms with van der Waals surface area (Å²) in [6.07, 6.45) is 1.63. The molecule has 0 saturated carbocycles. The van der Waals surface area contributed by atoms with Crippen molar-refractivity contribution in [1.29, 1.82) is 0 Å². The number of anilines is 1. The first-order valence-corrected chi connectivity index (χ1v) is 7.16. The second-order valence-electron chi connectivity index (χ2n) is 4.59. The van der Waals surface area contributed by atoms with E-state index in [2.05, 4.69) is 10.3 Å². The van der Waals surface area contributed by atoms with Crippen LogP contribution in [-0.2, 0) is 4.79 Å². The Morgan fingerprint density at radius 3 is 2.75 bits per heavy atom. The van der Waals surface area contributed by atoms with Gasteiger partial charge in [-0.3, -0.25) is 9.59 Å². The molecule has 0 aliphatic carbocycles. The third-order valence-electron chi connectivity index (χ3n) is 3.19. The number of carbonyl (C=O) groups excluding carboxylic acids is 2. The molecule has 102 valence electrons. The molecule has 1 aliphatic rings. The molecule has 0 unspecified atom stereocenters. The average Bonchev–Trinajstić information content (AvgIpc) is 2.91. The van der Waals surface area contributed by atoms with Gasteiger partial charge in [0.25, 0.3) is 5.91 Å². The SMILES string of the molecule is O=C(Nc1ccccn1)C1CN(C(=O)c2cccs2)C1. The number of thiophene rings is 1. The molecular formula is C14H13N3O2S. The molecule has 0 bridgehead atoms. The van der Waals surface area contributed by atoms with Crippen molar-refractivity contribution in [2.24, 2.45) is 5.92 Å². The Kier molecular flexibility index (Phi) is 3.47. The fraction of sp³-hybridized carbons (Fsp3) is 0.214. The first-order valence-electron chi connectivity index (χ1n) is 6.29. The van der Waals surface area contributed by atoms with Crippen molar-refractivity contribution in [3.8, 4) is 0 Å². The highest BCUT2D eigenvalue weighted by atomic mass is 32.1. The van der Waals surface area contributed by atoms with Crippen LogP contribution in [-0.4, -0.2) is 34.8 Å². The Balaban J connectivity index is 1.53. The van der Waals surface area contributed by atoms with Crippen molar-refractivity contribution in [2.75, 3.05) is 18.4 Å². The molecule has 1 saturated heterocycles. The minimum absolute atomic E-state index is 0.00175. The van der Waals surface area contributed by atoms with Gasteiger partial charge in [0.1, 0.15) is 5.82 Å². The van der Waals surface area contributed by atoms with E-state index in [1.54, 1.807) is 29.3 Å². The summed E-state index contributed by atoms with van der Waals surface area (Å²) in [7, 11) is 0. The third-order valence-corrected chi connectivity index (χ3v) is 4.05. The molecule has 2 aromatic heterocycles. The standard InChI is InChI=1S/C14H13N3O2S/c18-13(16-12-5-1-2-6-15-12)10-8-17(9-10)14(19)11-4-3-7-20-11/h1-7,10H,8-9H2,(H,15,16,18). The summed E-state index contributed by atoms with van der Waals surface area (Å²) in [5, 5.41) is 4.63. The second kappa shape index (κ2) is 5.42. The van der Waals surface area contributed by atoms with Crippen LogP contribution in [0.3, 0.4) is 0 Å². The van der Waals surface area contributed by atoms with Crippen molar-refractivity contribution >= 4 is 29.0 Å². The van der Waals surface area contributed by atoms with Crippen LogP contribution in [0.5, 0.6) is 0 Å². The summed E-state index contributed by atoms with van der Waals surface area (Å²) in [6, 6.07) is 9.00. The van der Waals surface area contributed by atoms with E-state index >= 15 is 0 Å². The van der Waals surface area contributed by atoms with Gasteiger partial charge in [-0.2, -0.15) is 0 Å². The Labute approximate surface area is 120 Å². The topological polar surface area (TPSA) is 62.3 Å². The largest absolute Gasteiger partial charge is 0.336 e. The minimum atomic E-state index is -0.152. The molecule has 6 heteroatoms. The molecular weight excluding hydrogens is 274 g/mol. The zero-order valence-corrected chi connectivity index (χ0v) is 11.5. The number of nitrogens with one attached hydrogen (secondary N) is 1. The number of aromatic nitrogens is 1.